The van der Waals surface area contributed by atoms with Crippen molar-refractivity contribution < 1.29 is 9.53 Å². The minimum absolute atomic E-state index is 0.402. The van der Waals surface area contributed by atoms with Gasteiger partial charge in [0.2, 0.25) is 0 Å². The summed E-state index contributed by atoms with van der Waals surface area (Å²) in [6, 6.07) is 9.08. The van der Waals surface area contributed by atoms with Gasteiger partial charge in [-0.3, -0.25) is 0 Å². The van der Waals surface area contributed by atoms with E-state index in [-0.39, 0.29) is 0 Å². The molecule has 0 aliphatic carbocycles. The molecule has 0 radical (unpaired) electrons. The van der Waals surface area contributed by atoms with E-state index in [2.05, 4.69) is 16.9 Å². The number of unbranched alkanes of at least 4 members (excludes halogenated alkanes) is 6. The lowest BCUT2D eigenvalue weighted by molar-refractivity contribution is -0.141. The Morgan fingerprint density at radius 2 is 1.60 bits per heavy atom. The standard InChI is InChI=1S/C25H33N3O2/c1-4-6-7-8-9-10-11-12-20-17-27-23(28-18-20)21-13-15-22(16-14-21)30-24(29)25(3,5-2)19-26/h13-18H,4-12H2,1-3H3. The molecular weight excluding hydrogens is 374 g/mol. The molecule has 0 amide bonds. The third kappa shape index (κ3) is 6.95. The average molecular weight is 408 g/mol. The molecule has 5 heteroatoms. The Morgan fingerprint density at radius 1 is 1.00 bits per heavy atom. The van der Waals surface area contributed by atoms with Gasteiger partial charge >= 0.3 is 5.97 Å². The van der Waals surface area contributed by atoms with E-state index < -0.39 is 11.4 Å². The zero-order valence-corrected chi connectivity index (χ0v) is 18.5. The maximum Gasteiger partial charge on any atom is 0.331 e. The molecule has 0 saturated carbocycles. The monoisotopic (exact) mass is 407 g/mol. The van der Waals surface area contributed by atoms with E-state index in [1.54, 1.807) is 26.0 Å². The van der Waals surface area contributed by atoms with E-state index in [1.807, 2.05) is 30.6 Å². The number of benzene rings is 1. The summed E-state index contributed by atoms with van der Waals surface area (Å²) in [4.78, 5) is 21.2. The second kappa shape index (κ2) is 12.1. The van der Waals surface area contributed by atoms with Crippen LogP contribution in [0.25, 0.3) is 11.4 Å². The molecule has 0 bridgehead atoms. The molecule has 2 rings (SSSR count). The molecule has 0 aliphatic heterocycles. The number of nitrogens with zero attached hydrogens (tertiary/aromatic N) is 3. The summed E-state index contributed by atoms with van der Waals surface area (Å²) < 4.78 is 5.35. The van der Waals surface area contributed by atoms with Crippen LogP contribution >= 0.6 is 0 Å². The second-order valence-corrected chi connectivity index (χ2v) is 8.00. The van der Waals surface area contributed by atoms with Crippen LogP contribution in [0.4, 0.5) is 0 Å². The van der Waals surface area contributed by atoms with Crippen LogP contribution in [0.15, 0.2) is 36.7 Å². The van der Waals surface area contributed by atoms with Crippen LogP contribution in [0.2, 0.25) is 0 Å². The fourth-order valence-corrected chi connectivity index (χ4v) is 3.08. The van der Waals surface area contributed by atoms with Gasteiger partial charge in [-0.15, -0.1) is 0 Å². The van der Waals surface area contributed by atoms with Crippen molar-refractivity contribution in [2.75, 3.05) is 0 Å². The van der Waals surface area contributed by atoms with Crippen molar-refractivity contribution in [1.29, 1.82) is 5.26 Å². The maximum atomic E-state index is 12.2. The van der Waals surface area contributed by atoms with E-state index in [0.717, 1.165) is 17.5 Å². The zero-order chi connectivity index (χ0) is 21.8. The Morgan fingerprint density at radius 3 is 2.17 bits per heavy atom. The molecule has 1 heterocycles. The maximum absolute atomic E-state index is 12.2. The van der Waals surface area contributed by atoms with Gasteiger partial charge in [0.15, 0.2) is 11.2 Å². The molecule has 1 atom stereocenters. The van der Waals surface area contributed by atoms with Crippen LogP contribution in [0.1, 0.15) is 77.7 Å². The summed E-state index contributed by atoms with van der Waals surface area (Å²) in [7, 11) is 0. The van der Waals surface area contributed by atoms with Crippen molar-refractivity contribution in [3.05, 3.63) is 42.2 Å². The van der Waals surface area contributed by atoms with Gasteiger partial charge in [-0.1, -0.05) is 52.4 Å². The van der Waals surface area contributed by atoms with Crippen molar-refractivity contribution in [1.82, 2.24) is 9.97 Å². The van der Waals surface area contributed by atoms with Crippen LogP contribution in [0.3, 0.4) is 0 Å². The third-order valence-corrected chi connectivity index (χ3v) is 5.50. The molecule has 0 fully saturated rings. The first kappa shape index (κ1) is 23.5. The molecule has 5 nitrogen and oxygen atoms in total. The number of esters is 1. The second-order valence-electron chi connectivity index (χ2n) is 8.00. The third-order valence-electron chi connectivity index (χ3n) is 5.50. The number of carbonyl (C=O) groups excluding carboxylic acids is 1. The summed E-state index contributed by atoms with van der Waals surface area (Å²) in [6.07, 6.45) is 14.3. The molecule has 0 aliphatic rings. The van der Waals surface area contributed by atoms with E-state index in [9.17, 15) is 10.1 Å². The van der Waals surface area contributed by atoms with Gasteiger partial charge in [0.1, 0.15) is 5.75 Å². The van der Waals surface area contributed by atoms with Crippen molar-refractivity contribution in [2.24, 2.45) is 5.41 Å². The lowest BCUT2D eigenvalue weighted by Gasteiger charge is -2.17. The van der Waals surface area contributed by atoms with Gasteiger partial charge in [-0.25, -0.2) is 14.8 Å². The first-order valence-electron chi connectivity index (χ1n) is 11.1. The molecule has 1 aromatic carbocycles. The number of hydrogen-bond donors (Lipinski definition) is 0. The SMILES string of the molecule is CCCCCCCCCc1cnc(-c2ccc(OC(=O)C(C)(C#N)CC)cc2)nc1. The van der Waals surface area contributed by atoms with Crippen LogP contribution < -0.4 is 4.74 Å². The molecule has 30 heavy (non-hydrogen) atoms. The highest BCUT2D eigenvalue weighted by Gasteiger charge is 2.33. The summed E-state index contributed by atoms with van der Waals surface area (Å²) in [6.45, 7) is 5.62. The summed E-state index contributed by atoms with van der Waals surface area (Å²) in [5.74, 6) is 0.520. The molecule has 1 aromatic heterocycles. The minimum atomic E-state index is -1.13. The van der Waals surface area contributed by atoms with Gasteiger partial charge in [0.25, 0.3) is 0 Å². The summed E-state index contributed by atoms with van der Waals surface area (Å²) in [5, 5.41) is 9.19. The quantitative estimate of drug-likeness (QED) is 0.235. The number of hydrogen-bond acceptors (Lipinski definition) is 5. The topological polar surface area (TPSA) is 75.9 Å². The first-order chi connectivity index (χ1) is 14.5. The Kier molecular flexibility index (Phi) is 9.47. The van der Waals surface area contributed by atoms with E-state index in [1.165, 1.54) is 44.9 Å². The van der Waals surface area contributed by atoms with Crippen LogP contribution in [-0.4, -0.2) is 15.9 Å². The number of rotatable bonds is 12. The predicted octanol–water partition coefficient (Wildman–Crippen LogP) is 6.28. The van der Waals surface area contributed by atoms with Gasteiger partial charge in [0.05, 0.1) is 6.07 Å². The smallest absolute Gasteiger partial charge is 0.331 e. The predicted molar refractivity (Wildman–Crippen MR) is 119 cm³/mol. The molecule has 0 saturated heterocycles. The zero-order valence-electron chi connectivity index (χ0n) is 18.5. The van der Waals surface area contributed by atoms with E-state index in [4.69, 9.17) is 4.74 Å². The molecule has 0 N–H and O–H groups in total. The molecular formula is C25H33N3O2. The van der Waals surface area contributed by atoms with Crippen LogP contribution in [0, 0.1) is 16.7 Å². The lowest BCUT2D eigenvalue weighted by atomic mass is 9.90. The summed E-state index contributed by atoms with van der Waals surface area (Å²) in [5.41, 5.74) is 0.886. The molecule has 1 unspecified atom stereocenters. The van der Waals surface area contributed by atoms with Crippen LogP contribution in [-0.2, 0) is 11.2 Å². The first-order valence-corrected chi connectivity index (χ1v) is 11.1. The highest BCUT2D eigenvalue weighted by Crippen LogP contribution is 2.25. The Labute approximate surface area is 180 Å². The van der Waals surface area contributed by atoms with Crippen molar-refractivity contribution >= 4 is 5.97 Å². The van der Waals surface area contributed by atoms with Gasteiger partial charge in [0, 0.05) is 18.0 Å². The van der Waals surface area contributed by atoms with Crippen LogP contribution in [0.5, 0.6) is 5.75 Å². The van der Waals surface area contributed by atoms with Gasteiger partial charge in [-0.05, 0) is 56.0 Å². The molecule has 2 aromatic rings. The Bertz CT molecular complexity index is 825. The number of aryl methyl sites for hydroxylation is 1. The highest BCUT2D eigenvalue weighted by atomic mass is 16.5. The number of ether oxygens (including phenoxy) is 1. The largest absolute Gasteiger partial charge is 0.425 e. The van der Waals surface area contributed by atoms with Gasteiger partial charge < -0.3 is 4.74 Å². The van der Waals surface area contributed by atoms with E-state index >= 15 is 0 Å². The average Bonchev–Trinajstić information content (AvgIpc) is 2.79. The fraction of sp³-hybridized carbons (Fsp3) is 0.520. The van der Waals surface area contributed by atoms with Crippen molar-refractivity contribution in [2.45, 2.75) is 78.6 Å². The van der Waals surface area contributed by atoms with Crippen molar-refractivity contribution in [3.8, 4) is 23.2 Å². The van der Waals surface area contributed by atoms with Crippen molar-refractivity contribution in [3.63, 3.8) is 0 Å². The molecule has 160 valence electrons. The summed E-state index contributed by atoms with van der Waals surface area (Å²) >= 11 is 0. The minimum Gasteiger partial charge on any atom is -0.425 e. The Hall–Kier alpha value is -2.74. The van der Waals surface area contributed by atoms with Gasteiger partial charge in [-0.2, -0.15) is 5.26 Å². The van der Waals surface area contributed by atoms with E-state index in [0.29, 0.717) is 18.0 Å². The normalized spacial score (nSPS) is 12.7. The fourth-order valence-electron chi connectivity index (χ4n) is 3.08. The number of nitriles is 1. The lowest BCUT2D eigenvalue weighted by Crippen LogP contribution is -2.29. The number of aromatic nitrogens is 2. The molecule has 0 spiro atoms. The number of carbonyl (C=O) groups is 1. The highest BCUT2D eigenvalue weighted by molar-refractivity contribution is 5.81. The Balaban J connectivity index is 1.85.